The first-order valence-corrected chi connectivity index (χ1v) is 7.61. The summed E-state index contributed by atoms with van der Waals surface area (Å²) in [5, 5.41) is 9.15. The van der Waals surface area contributed by atoms with Gasteiger partial charge in [-0.1, -0.05) is 6.42 Å². The van der Waals surface area contributed by atoms with Crippen LogP contribution in [0.4, 0.5) is 0 Å². The van der Waals surface area contributed by atoms with Gasteiger partial charge in [-0.3, -0.25) is 9.69 Å². The predicted octanol–water partition coefficient (Wildman–Crippen LogP) is 2.12. The van der Waals surface area contributed by atoms with Crippen LogP contribution < -0.4 is 5.56 Å². The van der Waals surface area contributed by atoms with E-state index in [1.807, 2.05) is 0 Å². The van der Waals surface area contributed by atoms with E-state index in [-0.39, 0.29) is 5.56 Å². The molecule has 0 bridgehead atoms. The van der Waals surface area contributed by atoms with Crippen molar-refractivity contribution in [2.24, 2.45) is 0 Å². The van der Waals surface area contributed by atoms with Crippen molar-refractivity contribution in [2.75, 3.05) is 6.54 Å². The summed E-state index contributed by atoms with van der Waals surface area (Å²) in [6, 6.07) is 2.75. The Morgan fingerprint density at radius 1 is 1.29 bits per heavy atom. The number of likely N-dealkylation sites (tertiary alicyclic amines) is 1. The predicted molar refractivity (Wildman–Crippen MR) is 81.9 cm³/mol. The van der Waals surface area contributed by atoms with Gasteiger partial charge in [0.05, 0.1) is 0 Å². The number of hydrogen-bond acceptors (Lipinski definition) is 3. The Morgan fingerprint density at radius 2 is 1.90 bits per heavy atom. The minimum absolute atomic E-state index is 0.114. The van der Waals surface area contributed by atoms with Gasteiger partial charge in [-0.15, -0.1) is 0 Å². The van der Waals surface area contributed by atoms with Gasteiger partial charge in [-0.2, -0.15) is 0 Å². The van der Waals surface area contributed by atoms with E-state index >= 15 is 0 Å². The third kappa shape index (κ3) is 3.35. The van der Waals surface area contributed by atoms with Gasteiger partial charge in [-0.05, 0) is 45.2 Å². The molecule has 1 fully saturated rings. The summed E-state index contributed by atoms with van der Waals surface area (Å²) in [6.45, 7) is 7.41. The molecule has 1 aromatic rings. The number of aromatic carboxylic acids is 1. The standard InChI is InChI=1S/C16H24N2O3/c1-11-7-8-17(15(19)14(11)16(20)21)9-10-18-12(2)5-4-6-13(18)3/h7-8,12-13H,4-6,9-10H2,1-3H3,(H,20,21)/t12-,13+. The van der Waals surface area contributed by atoms with Crippen LogP contribution in [-0.4, -0.2) is 39.2 Å². The molecular weight excluding hydrogens is 268 g/mol. The maximum Gasteiger partial charge on any atom is 0.341 e. The molecule has 0 amide bonds. The lowest BCUT2D eigenvalue weighted by molar-refractivity contribution is 0.0692. The maximum atomic E-state index is 12.2. The van der Waals surface area contributed by atoms with E-state index in [9.17, 15) is 9.59 Å². The van der Waals surface area contributed by atoms with Crippen LogP contribution in [0.15, 0.2) is 17.1 Å². The van der Waals surface area contributed by atoms with E-state index in [1.54, 1.807) is 19.2 Å². The van der Waals surface area contributed by atoms with Crippen LogP contribution in [0.3, 0.4) is 0 Å². The van der Waals surface area contributed by atoms with Gasteiger partial charge in [0.1, 0.15) is 5.56 Å². The van der Waals surface area contributed by atoms with Gasteiger partial charge in [0.15, 0.2) is 0 Å². The summed E-state index contributed by atoms with van der Waals surface area (Å²) < 4.78 is 1.52. The molecule has 1 aliphatic heterocycles. The summed E-state index contributed by atoms with van der Waals surface area (Å²) in [4.78, 5) is 25.8. The molecule has 0 radical (unpaired) electrons. The molecule has 5 heteroatoms. The highest BCUT2D eigenvalue weighted by atomic mass is 16.4. The van der Waals surface area contributed by atoms with Crippen molar-refractivity contribution in [1.82, 2.24) is 9.47 Å². The smallest absolute Gasteiger partial charge is 0.341 e. The van der Waals surface area contributed by atoms with E-state index in [2.05, 4.69) is 18.7 Å². The Balaban J connectivity index is 2.15. The number of hydrogen-bond donors (Lipinski definition) is 1. The molecule has 1 saturated heterocycles. The third-order valence-electron chi connectivity index (χ3n) is 4.56. The maximum absolute atomic E-state index is 12.2. The quantitative estimate of drug-likeness (QED) is 0.923. The number of carboxylic acid groups (broad SMARTS) is 1. The van der Waals surface area contributed by atoms with Crippen LogP contribution >= 0.6 is 0 Å². The molecule has 5 nitrogen and oxygen atoms in total. The minimum atomic E-state index is -1.15. The average Bonchev–Trinajstić information content (AvgIpc) is 2.40. The minimum Gasteiger partial charge on any atom is -0.477 e. The number of aryl methyl sites for hydroxylation is 1. The number of nitrogens with zero attached hydrogens (tertiary/aromatic N) is 2. The van der Waals surface area contributed by atoms with Crippen molar-refractivity contribution in [3.05, 3.63) is 33.7 Å². The Kier molecular flexibility index (Phi) is 4.83. The molecule has 116 valence electrons. The number of carboxylic acids is 1. The van der Waals surface area contributed by atoms with Gasteiger partial charge in [0.25, 0.3) is 5.56 Å². The van der Waals surface area contributed by atoms with Gasteiger partial charge in [-0.25, -0.2) is 4.79 Å². The largest absolute Gasteiger partial charge is 0.477 e. The number of pyridine rings is 1. The molecule has 0 aliphatic carbocycles. The van der Waals surface area contributed by atoms with Crippen LogP contribution in [0.25, 0.3) is 0 Å². The first-order chi connectivity index (χ1) is 9.91. The van der Waals surface area contributed by atoms with E-state index in [0.717, 1.165) is 6.54 Å². The summed E-state index contributed by atoms with van der Waals surface area (Å²) in [6.07, 6.45) is 5.33. The summed E-state index contributed by atoms with van der Waals surface area (Å²) in [5.41, 5.74) is 0.000477. The molecule has 2 rings (SSSR count). The van der Waals surface area contributed by atoms with Crippen molar-refractivity contribution < 1.29 is 9.90 Å². The number of rotatable bonds is 4. The molecule has 0 spiro atoms. The average molecular weight is 292 g/mol. The fraction of sp³-hybridized carbons (Fsp3) is 0.625. The number of carbonyl (C=O) groups is 1. The fourth-order valence-corrected chi connectivity index (χ4v) is 3.24. The molecule has 21 heavy (non-hydrogen) atoms. The number of piperidine rings is 1. The summed E-state index contributed by atoms with van der Waals surface area (Å²) in [7, 11) is 0. The lowest BCUT2D eigenvalue weighted by atomic mass is 9.98. The molecule has 1 aliphatic rings. The Bertz CT molecular complexity index is 569. The Morgan fingerprint density at radius 3 is 2.48 bits per heavy atom. The lowest BCUT2D eigenvalue weighted by Gasteiger charge is -2.39. The highest BCUT2D eigenvalue weighted by Gasteiger charge is 2.24. The van der Waals surface area contributed by atoms with Gasteiger partial charge < -0.3 is 9.67 Å². The van der Waals surface area contributed by atoms with Crippen molar-refractivity contribution in [3.63, 3.8) is 0 Å². The second-order valence-electron chi connectivity index (χ2n) is 6.04. The third-order valence-corrected chi connectivity index (χ3v) is 4.56. The second-order valence-corrected chi connectivity index (χ2v) is 6.04. The first kappa shape index (κ1) is 15.8. The van der Waals surface area contributed by atoms with Gasteiger partial charge in [0.2, 0.25) is 0 Å². The number of aromatic nitrogens is 1. The molecule has 0 aromatic carbocycles. The fourth-order valence-electron chi connectivity index (χ4n) is 3.24. The Hall–Kier alpha value is -1.62. The van der Waals surface area contributed by atoms with Crippen LogP contribution in [0.2, 0.25) is 0 Å². The normalized spacial score (nSPS) is 23.2. The van der Waals surface area contributed by atoms with Crippen LogP contribution in [0.1, 0.15) is 49.0 Å². The second kappa shape index (κ2) is 6.43. The molecule has 0 unspecified atom stereocenters. The van der Waals surface area contributed by atoms with Crippen molar-refractivity contribution in [1.29, 1.82) is 0 Å². The van der Waals surface area contributed by atoms with Gasteiger partial charge >= 0.3 is 5.97 Å². The monoisotopic (exact) mass is 292 g/mol. The SMILES string of the molecule is Cc1ccn(CCN2[C@H](C)CCC[C@@H]2C)c(=O)c1C(=O)O. The summed E-state index contributed by atoms with van der Waals surface area (Å²) >= 11 is 0. The summed E-state index contributed by atoms with van der Waals surface area (Å²) in [5.74, 6) is -1.15. The van der Waals surface area contributed by atoms with Crippen molar-refractivity contribution >= 4 is 5.97 Å². The van der Waals surface area contributed by atoms with E-state index in [0.29, 0.717) is 24.2 Å². The zero-order chi connectivity index (χ0) is 15.6. The molecular formula is C16H24N2O3. The van der Waals surface area contributed by atoms with E-state index in [4.69, 9.17) is 5.11 Å². The van der Waals surface area contributed by atoms with Crippen LogP contribution in [0, 0.1) is 6.92 Å². The molecule has 2 atom stereocenters. The van der Waals surface area contributed by atoms with Crippen molar-refractivity contribution in [2.45, 2.75) is 58.7 Å². The highest BCUT2D eigenvalue weighted by molar-refractivity contribution is 5.88. The van der Waals surface area contributed by atoms with E-state index in [1.165, 1.54) is 23.8 Å². The van der Waals surface area contributed by atoms with Crippen molar-refractivity contribution in [3.8, 4) is 0 Å². The Labute approximate surface area is 125 Å². The first-order valence-electron chi connectivity index (χ1n) is 7.61. The highest BCUT2D eigenvalue weighted by Crippen LogP contribution is 2.22. The molecule has 0 saturated carbocycles. The zero-order valence-corrected chi connectivity index (χ0v) is 13.0. The van der Waals surface area contributed by atoms with Gasteiger partial charge in [0, 0.05) is 31.4 Å². The molecule has 1 N–H and O–H groups in total. The molecule has 2 heterocycles. The van der Waals surface area contributed by atoms with Crippen LogP contribution in [0.5, 0.6) is 0 Å². The molecule has 1 aromatic heterocycles. The lowest BCUT2D eigenvalue weighted by Crippen LogP contribution is -2.45. The zero-order valence-electron chi connectivity index (χ0n) is 13.0. The van der Waals surface area contributed by atoms with E-state index < -0.39 is 11.5 Å². The van der Waals surface area contributed by atoms with Crippen LogP contribution in [-0.2, 0) is 6.54 Å². The topological polar surface area (TPSA) is 62.5 Å².